The lowest BCUT2D eigenvalue weighted by Gasteiger charge is -2.39. The number of halogens is 1. The van der Waals surface area contributed by atoms with Crippen LogP contribution < -0.4 is 4.90 Å². The van der Waals surface area contributed by atoms with E-state index >= 15 is 0 Å². The fourth-order valence-corrected chi connectivity index (χ4v) is 3.06. The van der Waals surface area contributed by atoms with Crippen LogP contribution in [0.2, 0.25) is 0 Å². The fraction of sp³-hybridized carbons (Fsp3) is 0.300. The minimum Gasteiger partial charge on any atom is -0.325 e. The van der Waals surface area contributed by atoms with E-state index in [9.17, 15) is 14.0 Å². The quantitative estimate of drug-likeness (QED) is 0.841. The molecule has 0 unspecified atom stereocenters. The van der Waals surface area contributed by atoms with Crippen LogP contribution in [0.4, 0.5) is 10.1 Å². The maximum atomic E-state index is 13.0. The van der Waals surface area contributed by atoms with Crippen molar-refractivity contribution in [1.82, 2.24) is 4.90 Å². The third-order valence-electron chi connectivity index (χ3n) is 4.81. The molecule has 1 atom stereocenters. The molecule has 4 nitrogen and oxygen atoms in total. The molecule has 5 heteroatoms. The monoisotopic (exact) mass is 340 g/mol. The van der Waals surface area contributed by atoms with Crippen molar-refractivity contribution in [3.05, 3.63) is 65.0 Å². The molecule has 0 bridgehead atoms. The molecule has 2 aromatic carbocycles. The Labute approximate surface area is 146 Å². The molecule has 1 aliphatic heterocycles. The van der Waals surface area contributed by atoms with Gasteiger partial charge in [-0.2, -0.15) is 0 Å². The lowest BCUT2D eigenvalue weighted by atomic mass is 10.1. The van der Waals surface area contributed by atoms with Gasteiger partial charge in [-0.05, 0) is 68.3 Å². The van der Waals surface area contributed by atoms with Crippen molar-refractivity contribution in [1.29, 1.82) is 0 Å². The van der Waals surface area contributed by atoms with Gasteiger partial charge in [-0.25, -0.2) is 4.39 Å². The molecule has 3 rings (SSSR count). The van der Waals surface area contributed by atoms with Gasteiger partial charge in [-0.15, -0.1) is 0 Å². The highest BCUT2D eigenvalue weighted by Crippen LogP contribution is 2.24. The molecule has 130 valence electrons. The van der Waals surface area contributed by atoms with Crippen LogP contribution in [0.15, 0.2) is 42.5 Å². The summed E-state index contributed by atoms with van der Waals surface area (Å²) in [5, 5.41) is 0. The van der Waals surface area contributed by atoms with Crippen molar-refractivity contribution in [3.63, 3.8) is 0 Å². The Kier molecular flexibility index (Phi) is 4.57. The minimum atomic E-state index is -0.562. The van der Waals surface area contributed by atoms with Gasteiger partial charge in [0.25, 0.3) is 5.91 Å². The molecule has 0 N–H and O–H groups in total. The number of benzene rings is 2. The average Bonchev–Trinajstić information content (AvgIpc) is 2.60. The summed E-state index contributed by atoms with van der Waals surface area (Å²) >= 11 is 0. The van der Waals surface area contributed by atoms with Gasteiger partial charge in [-0.3, -0.25) is 9.59 Å². The summed E-state index contributed by atoms with van der Waals surface area (Å²) < 4.78 is 13.0. The maximum Gasteiger partial charge on any atom is 0.254 e. The van der Waals surface area contributed by atoms with Crippen LogP contribution in [0, 0.1) is 19.7 Å². The molecule has 1 heterocycles. The zero-order valence-electron chi connectivity index (χ0n) is 14.6. The number of hydrogen-bond acceptors (Lipinski definition) is 2. The van der Waals surface area contributed by atoms with Crippen LogP contribution in [0.1, 0.15) is 28.4 Å². The van der Waals surface area contributed by atoms with Gasteiger partial charge in [0, 0.05) is 24.3 Å². The van der Waals surface area contributed by atoms with Gasteiger partial charge in [0.05, 0.1) is 0 Å². The van der Waals surface area contributed by atoms with E-state index in [0.717, 1.165) is 11.3 Å². The molecule has 1 fully saturated rings. The summed E-state index contributed by atoms with van der Waals surface area (Å²) in [7, 11) is 0. The molecule has 25 heavy (non-hydrogen) atoms. The van der Waals surface area contributed by atoms with Crippen LogP contribution in [0.5, 0.6) is 0 Å². The number of amides is 2. The molecule has 0 aromatic heterocycles. The first-order chi connectivity index (χ1) is 11.9. The summed E-state index contributed by atoms with van der Waals surface area (Å²) in [6.45, 7) is 6.66. The van der Waals surface area contributed by atoms with E-state index in [1.807, 2.05) is 32.0 Å². The van der Waals surface area contributed by atoms with Crippen molar-refractivity contribution in [2.45, 2.75) is 26.8 Å². The standard InChI is InChI=1S/C20H21FN2O2/c1-13-4-9-18(12-14(13)2)23-11-10-22(15(3)19(23)24)20(25)16-5-7-17(21)8-6-16/h4-9,12,15H,10-11H2,1-3H3/t15-/m1/s1. The van der Waals surface area contributed by atoms with Crippen molar-refractivity contribution in [2.75, 3.05) is 18.0 Å². The SMILES string of the molecule is Cc1ccc(N2CCN(C(=O)c3ccc(F)cc3)[C@H](C)C2=O)cc1C. The normalized spacial score (nSPS) is 17.8. The fourth-order valence-electron chi connectivity index (χ4n) is 3.06. The van der Waals surface area contributed by atoms with E-state index in [4.69, 9.17) is 0 Å². The lowest BCUT2D eigenvalue weighted by Crippen LogP contribution is -2.57. The van der Waals surface area contributed by atoms with E-state index in [-0.39, 0.29) is 17.6 Å². The second-order valence-corrected chi connectivity index (χ2v) is 6.44. The summed E-state index contributed by atoms with van der Waals surface area (Å²) in [6.07, 6.45) is 0. The Morgan fingerprint density at radius 1 is 1.04 bits per heavy atom. The first-order valence-corrected chi connectivity index (χ1v) is 8.33. The predicted octanol–water partition coefficient (Wildman–Crippen LogP) is 3.32. The molecule has 2 aromatic rings. The van der Waals surface area contributed by atoms with E-state index in [1.54, 1.807) is 16.7 Å². The number of aryl methyl sites for hydroxylation is 2. The Balaban J connectivity index is 1.80. The van der Waals surface area contributed by atoms with Gasteiger partial charge in [0.2, 0.25) is 5.91 Å². The predicted molar refractivity (Wildman–Crippen MR) is 95.2 cm³/mol. The second kappa shape index (κ2) is 6.67. The van der Waals surface area contributed by atoms with Crippen molar-refractivity contribution in [3.8, 4) is 0 Å². The molecule has 1 saturated heterocycles. The van der Waals surface area contributed by atoms with Crippen molar-refractivity contribution < 1.29 is 14.0 Å². The van der Waals surface area contributed by atoms with E-state index < -0.39 is 6.04 Å². The van der Waals surface area contributed by atoms with Crippen molar-refractivity contribution in [2.24, 2.45) is 0 Å². The molecule has 2 amide bonds. The molecular weight excluding hydrogens is 319 g/mol. The van der Waals surface area contributed by atoms with Crippen LogP contribution in [-0.4, -0.2) is 35.8 Å². The van der Waals surface area contributed by atoms with Gasteiger partial charge in [0.15, 0.2) is 0 Å². The van der Waals surface area contributed by atoms with Gasteiger partial charge >= 0.3 is 0 Å². The summed E-state index contributed by atoms with van der Waals surface area (Å²) in [4.78, 5) is 28.7. The summed E-state index contributed by atoms with van der Waals surface area (Å²) in [6, 6.07) is 10.8. The van der Waals surface area contributed by atoms with E-state index in [2.05, 4.69) is 0 Å². The second-order valence-electron chi connectivity index (χ2n) is 6.44. The number of nitrogens with zero attached hydrogens (tertiary/aromatic N) is 2. The molecule has 0 aliphatic carbocycles. The number of carbonyl (C=O) groups excluding carboxylic acids is 2. The number of piperazine rings is 1. The summed E-state index contributed by atoms with van der Waals surface area (Å²) in [5.41, 5.74) is 3.55. The highest BCUT2D eigenvalue weighted by molar-refractivity contribution is 6.03. The van der Waals surface area contributed by atoms with E-state index in [1.165, 1.54) is 29.8 Å². The van der Waals surface area contributed by atoms with Gasteiger partial charge in [0.1, 0.15) is 11.9 Å². The summed E-state index contributed by atoms with van der Waals surface area (Å²) in [5.74, 6) is -0.745. The number of rotatable bonds is 2. The minimum absolute atomic E-state index is 0.107. The molecule has 1 aliphatic rings. The number of carbonyl (C=O) groups is 2. The molecular formula is C20H21FN2O2. The highest BCUT2D eigenvalue weighted by atomic mass is 19.1. The Bertz CT molecular complexity index is 817. The Morgan fingerprint density at radius 2 is 1.72 bits per heavy atom. The largest absolute Gasteiger partial charge is 0.325 e. The third-order valence-corrected chi connectivity index (χ3v) is 4.81. The van der Waals surface area contributed by atoms with Crippen LogP contribution >= 0.6 is 0 Å². The number of anilines is 1. The first kappa shape index (κ1) is 17.1. The first-order valence-electron chi connectivity index (χ1n) is 8.33. The third kappa shape index (κ3) is 3.27. The zero-order valence-corrected chi connectivity index (χ0v) is 14.6. The highest BCUT2D eigenvalue weighted by Gasteiger charge is 2.35. The molecule has 0 radical (unpaired) electrons. The zero-order chi connectivity index (χ0) is 18.1. The van der Waals surface area contributed by atoms with Crippen LogP contribution in [0.3, 0.4) is 0 Å². The van der Waals surface area contributed by atoms with E-state index in [0.29, 0.717) is 18.7 Å². The maximum absolute atomic E-state index is 13.0. The van der Waals surface area contributed by atoms with Crippen LogP contribution in [0.25, 0.3) is 0 Å². The van der Waals surface area contributed by atoms with Crippen LogP contribution in [-0.2, 0) is 4.79 Å². The van der Waals surface area contributed by atoms with Crippen molar-refractivity contribution >= 4 is 17.5 Å². The van der Waals surface area contributed by atoms with Gasteiger partial charge in [-0.1, -0.05) is 6.07 Å². The smallest absolute Gasteiger partial charge is 0.254 e. The Morgan fingerprint density at radius 3 is 2.36 bits per heavy atom. The lowest BCUT2D eigenvalue weighted by molar-refractivity contribution is -0.124. The molecule has 0 saturated carbocycles. The Hall–Kier alpha value is -2.69. The average molecular weight is 340 g/mol. The number of hydrogen-bond donors (Lipinski definition) is 0. The van der Waals surface area contributed by atoms with Gasteiger partial charge < -0.3 is 9.80 Å². The topological polar surface area (TPSA) is 40.6 Å². The molecule has 0 spiro atoms.